The lowest BCUT2D eigenvalue weighted by Gasteiger charge is -2.72. The van der Waals surface area contributed by atoms with Gasteiger partial charge in [-0.15, -0.1) is 0 Å². The molecule has 0 aliphatic heterocycles. The summed E-state index contributed by atoms with van der Waals surface area (Å²) in [4.78, 5) is 13.4. The summed E-state index contributed by atoms with van der Waals surface area (Å²) in [5, 5.41) is 30.7. The number of carbonyl (C=O) groups is 1. The number of carbonyl (C=O) groups excluding carboxylic acids is 1. The molecule has 2 N–H and O–H groups in total. The maximum absolute atomic E-state index is 13.4. The maximum Gasteiger partial charge on any atom is 0.312 e. The molecule has 0 aromatic carbocycles. The van der Waals surface area contributed by atoms with Gasteiger partial charge in [0.15, 0.2) is 0 Å². The van der Waals surface area contributed by atoms with Crippen molar-refractivity contribution in [2.45, 2.75) is 106 Å². The van der Waals surface area contributed by atoms with Gasteiger partial charge in [-0.3, -0.25) is 4.79 Å². The van der Waals surface area contributed by atoms with Gasteiger partial charge in [-0.05, 0) is 97.2 Å². The first-order valence-electron chi connectivity index (χ1n) is 14.5. The van der Waals surface area contributed by atoms with Gasteiger partial charge in [0.05, 0.1) is 24.2 Å². The molecule has 0 aromatic rings. The average Bonchev–Trinajstić information content (AvgIpc) is 2.82. The molecule has 0 bridgehead atoms. The molecule has 0 saturated heterocycles. The van der Waals surface area contributed by atoms with E-state index in [-0.39, 0.29) is 57.1 Å². The van der Waals surface area contributed by atoms with Gasteiger partial charge in [0.1, 0.15) is 5.76 Å². The molecule has 37 heavy (non-hydrogen) atoms. The Morgan fingerprint density at radius 1 is 1.00 bits per heavy atom. The molecule has 5 heteroatoms. The van der Waals surface area contributed by atoms with Crippen LogP contribution in [0.1, 0.15) is 106 Å². The van der Waals surface area contributed by atoms with Crippen molar-refractivity contribution in [3.63, 3.8) is 0 Å². The van der Waals surface area contributed by atoms with E-state index < -0.39 is 10.8 Å². The molecular formula is C32H48N2O3. The first kappa shape index (κ1) is 26.8. The minimum Gasteiger partial charge on any atom is -0.511 e. The van der Waals surface area contributed by atoms with E-state index in [1.807, 2.05) is 0 Å². The summed E-state index contributed by atoms with van der Waals surface area (Å²) < 4.78 is 5.47. The molecule has 4 saturated carbocycles. The van der Waals surface area contributed by atoms with E-state index in [0.717, 1.165) is 57.1 Å². The number of aliphatic hydroxyl groups is 1. The van der Waals surface area contributed by atoms with Crippen LogP contribution in [0.4, 0.5) is 0 Å². The summed E-state index contributed by atoms with van der Waals surface area (Å²) in [5.41, 5.74) is 0.347. The van der Waals surface area contributed by atoms with Crippen molar-refractivity contribution in [2.75, 3.05) is 7.11 Å². The molecule has 5 nitrogen and oxygen atoms in total. The number of aliphatic hydroxyl groups excluding tert-OH is 1. The third-order valence-electron chi connectivity index (χ3n) is 13.4. The van der Waals surface area contributed by atoms with Crippen LogP contribution in [0.25, 0.3) is 0 Å². The number of hydrogen-bond donors (Lipinski definition) is 2. The molecule has 4 fully saturated rings. The van der Waals surface area contributed by atoms with Gasteiger partial charge in [0, 0.05) is 17.0 Å². The lowest BCUT2D eigenvalue weighted by atomic mass is 9.31. The number of nitrogens with one attached hydrogen (secondary N) is 1. The number of allylic oxidation sites excluding steroid dienone is 2. The normalized spacial score (nSPS) is 48.0. The first-order chi connectivity index (χ1) is 17.0. The topological polar surface area (TPSA) is 94.2 Å². The van der Waals surface area contributed by atoms with E-state index in [0.29, 0.717) is 12.0 Å². The standard InChI is InChI=1S/C32H48N2O3/c1-27(2)11-13-32(26(36)37-8)14-12-31(7)24(20(32)17-27)21(34)15-23-29(5)16-19(18-33)25(35)28(3,4)22(29)9-10-30(23,31)6/h20,22-24,34-35H,9-17H2,1-8H3/t20-,22?,23+,24-,29-,30+,31+,32-/m0/s1. The van der Waals surface area contributed by atoms with Crippen molar-refractivity contribution < 1.29 is 14.6 Å². The minimum atomic E-state index is -0.472. The number of nitrogens with zero attached hydrogens (tertiary/aromatic N) is 1. The highest BCUT2D eigenvalue weighted by molar-refractivity contribution is 5.88. The summed E-state index contributed by atoms with van der Waals surface area (Å²) in [5.74, 6) is 0.983. The number of esters is 1. The van der Waals surface area contributed by atoms with Crippen LogP contribution >= 0.6 is 0 Å². The van der Waals surface area contributed by atoms with Crippen molar-refractivity contribution in [1.29, 1.82) is 10.7 Å². The minimum absolute atomic E-state index is 0.000933. The second-order valence-electron chi connectivity index (χ2n) is 15.7. The number of nitriles is 1. The first-order valence-corrected chi connectivity index (χ1v) is 14.5. The SMILES string of the molecule is COC(=O)[C@]12CCC(C)(C)C[C@H]1[C@H]1C(=N)C[C@@H]3[C@@]4(C)CC(C#N)=C(O)C(C)(C)C4CC[C@@]3(C)[C@]1(C)CC2. The Labute approximate surface area is 223 Å². The summed E-state index contributed by atoms with van der Waals surface area (Å²) in [7, 11) is 1.54. The van der Waals surface area contributed by atoms with Gasteiger partial charge < -0.3 is 15.3 Å². The summed E-state index contributed by atoms with van der Waals surface area (Å²) >= 11 is 0. The number of fused-ring (bicyclic) bond motifs is 7. The van der Waals surface area contributed by atoms with Crippen LogP contribution in [0.3, 0.4) is 0 Å². The van der Waals surface area contributed by atoms with Crippen molar-refractivity contribution in [3.8, 4) is 6.07 Å². The molecule has 0 heterocycles. The fraction of sp³-hybridized carbons (Fsp3) is 0.844. The Kier molecular flexibility index (Phi) is 5.68. The van der Waals surface area contributed by atoms with Crippen molar-refractivity contribution in [3.05, 3.63) is 11.3 Å². The summed E-state index contributed by atoms with van der Waals surface area (Å²) in [6.07, 6.45) is 8.05. The quantitative estimate of drug-likeness (QED) is 0.356. The highest BCUT2D eigenvalue weighted by Crippen LogP contribution is 2.76. The predicted octanol–water partition coefficient (Wildman–Crippen LogP) is 7.62. The van der Waals surface area contributed by atoms with Crippen LogP contribution in [0, 0.1) is 72.9 Å². The Morgan fingerprint density at radius 3 is 2.27 bits per heavy atom. The van der Waals surface area contributed by atoms with Gasteiger partial charge in [0.2, 0.25) is 0 Å². The zero-order valence-corrected chi connectivity index (χ0v) is 24.4. The summed E-state index contributed by atoms with van der Waals surface area (Å²) in [6.45, 7) is 16.2. The number of hydrogen-bond acceptors (Lipinski definition) is 5. The molecule has 0 radical (unpaired) electrons. The number of ether oxygens (including phenoxy) is 1. The molecule has 1 unspecified atom stereocenters. The molecule has 5 rings (SSSR count). The fourth-order valence-electron chi connectivity index (χ4n) is 11.2. The van der Waals surface area contributed by atoms with E-state index >= 15 is 0 Å². The van der Waals surface area contributed by atoms with E-state index in [9.17, 15) is 20.6 Å². The van der Waals surface area contributed by atoms with Crippen molar-refractivity contribution in [2.24, 2.45) is 56.2 Å². The Hall–Kier alpha value is -1.83. The van der Waals surface area contributed by atoms with E-state index in [1.54, 1.807) is 0 Å². The maximum atomic E-state index is 13.4. The molecule has 0 spiro atoms. The number of methoxy groups -OCH3 is 1. The van der Waals surface area contributed by atoms with E-state index in [2.05, 4.69) is 54.5 Å². The Balaban J connectivity index is 1.62. The van der Waals surface area contributed by atoms with Crippen molar-refractivity contribution >= 4 is 11.7 Å². The molecular weight excluding hydrogens is 460 g/mol. The number of rotatable bonds is 1. The lowest BCUT2D eigenvalue weighted by molar-refractivity contribution is -0.215. The van der Waals surface area contributed by atoms with Crippen molar-refractivity contribution in [1.82, 2.24) is 0 Å². The van der Waals surface area contributed by atoms with Gasteiger partial charge in [-0.1, -0.05) is 48.5 Å². The van der Waals surface area contributed by atoms with E-state index in [1.165, 1.54) is 7.11 Å². The third kappa shape index (κ3) is 3.20. The molecule has 5 aliphatic carbocycles. The zero-order valence-electron chi connectivity index (χ0n) is 24.4. The van der Waals surface area contributed by atoms with Crippen LogP contribution in [-0.4, -0.2) is 23.9 Å². The smallest absolute Gasteiger partial charge is 0.312 e. The van der Waals surface area contributed by atoms with Crippen LogP contribution in [0.2, 0.25) is 0 Å². The fourth-order valence-corrected chi connectivity index (χ4v) is 11.2. The highest BCUT2D eigenvalue weighted by atomic mass is 16.5. The van der Waals surface area contributed by atoms with Crippen LogP contribution in [0.15, 0.2) is 11.3 Å². The predicted molar refractivity (Wildman–Crippen MR) is 145 cm³/mol. The molecule has 8 atom stereocenters. The van der Waals surface area contributed by atoms with E-state index in [4.69, 9.17) is 4.74 Å². The van der Waals surface area contributed by atoms with Gasteiger partial charge in [-0.25, -0.2) is 0 Å². The molecule has 0 aromatic heterocycles. The Bertz CT molecular complexity index is 1110. The summed E-state index contributed by atoms with van der Waals surface area (Å²) in [6, 6.07) is 2.35. The molecule has 0 amide bonds. The monoisotopic (exact) mass is 508 g/mol. The molecule has 204 valence electrons. The lowest BCUT2D eigenvalue weighted by Crippen LogP contribution is -2.69. The average molecular weight is 509 g/mol. The van der Waals surface area contributed by atoms with Gasteiger partial charge >= 0.3 is 5.97 Å². The van der Waals surface area contributed by atoms with Crippen LogP contribution < -0.4 is 0 Å². The molecule has 5 aliphatic rings. The third-order valence-corrected chi connectivity index (χ3v) is 13.4. The highest BCUT2D eigenvalue weighted by Gasteiger charge is 2.72. The largest absolute Gasteiger partial charge is 0.511 e. The Morgan fingerprint density at radius 2 is 1.65 bits per heavy atom. The van der Waals surface area contributed by atoms with Crippen LogP contribution in [-0.2, 0) is 9.53 Å². The second kappa shape index (κ2) is 7.86. The van der Waals surface area contributed by atoms with Gasteiger partial charge in [0.25, 0.3) is 0 Å². The second-order valence-corrected chi connectivity index (χ2v) is 15.7. The van der Waals surface area contributed by atoms with Crippen LogP contribution in [0.5, 0.6) is 0 Å². The van der Waals surface area contributed by atoms with Gasteiger partial charge in [-0.2, -0.15) is 5.26 Å². The zero-order chi connectivity index (χ0) is 27.4.